The molecule has 2 fully saturated rings. The Balaban J connectivity index is 1.83. The Hall–Kier alpha value is -1.40. The summed E-state index contributed by atoms with van der Waals surface area (Å²) < 4.78 is 23.6. The van der Waals surface area contributed by atoms with E-state index in [0.717, 1.165) is 12.0 Å². The lowest BCUT2D eigenvalue weighted by Crippen LogP contribution is -2.48. The van der Waals surface area contributed by atoms with Gasteiger partial charge in [-0.05, 0) is 25.3 Å². The highest BCUT2D eigenvalue weighted by Crippen LogP contribution is 2.29. The predicted molar refractivity (Wildman–Crippen MR) is 80.3 cm³/mol. The molecular weight excluding hydrogens is 288 g/mol. The molecule has 21 heavy (non-hydrogen) atoms. The highest BCUT2D eigenvalue weighted by Gasteiger charge is 2.43. The summed E-state index contributed by atoms with van der Waals surface area (Å²) in [6.07, 6.45) is 1.26. The largest absolute Gasteiger partial charge is 0.322 e. The van der Waals surface area contributed by atoms with E-state index in [1.807, 2.05) is 37.3 Å². The van der Waals surface area contributed by atoms with Gasteiger partial charge in [-0.1, -0.05) is 30.3 Å². The molecule has 0 bridgehead atoms. The first-order valence-electron chi connectivity index (χ1n) is 7.31. The van der Waals surface area contributed by atoms with Gasteiger partial charge in [0.15, 0.2) is 9.84 Å². The number of carbonyl (C=O) groups is 1. The van der Waals surface area contributed by atoms with Gasteiger partial charge in [-0.25, -0.2) is 8.42 Å². The van der Waals surface area contributed by atoms with E-state index in [2.05, 4.69) is 5.32 Å². The number of rotatable bonds is 2. The molecule has 0 aliphatic carbocycles. The maximum Gasteiger partial charge on any atom is 0.245 e. The van der Waals surface area contributed by atoms with Crippen LogP contribution in [0.15, 0.2) is 30.3 Å². The van der Waals surface area contributed by atoms with E-state index in [9.17, 15) is 13.2 Å². The second-order valence-electron chi connectivity index (χ2n) is 5.84. The average Bonchev–Trinajstić information content (AvgIpc) is 2.74. The number of nitrogens with zero attached hydrogens (tertiary/aromatic N) is 1. The van der Waals surface area contributed by atoms with E-state index in [4.69, 9.17) is 0 Å². The highest BCUT2D eigenvalue weighted by molar-refractivity contribution is 7.91. The van der Waals surface area contributed by atoms with Gasteiger partial charge in [0.2, 0.25) is 5.91 Å². The molecule has 1 aromatic carbocycles. The number of hydrogen-bond donors (Lipinski definition) is 1. The lowest BCUT2D eigenvalue weighted by atomic mass is 10.1. The molecule has 3 atom stereocenters. The molecule has 0 spiro atoms. The number of carbonyl (C=O) groups excluding carboxylic acids is 1. The first kappa shape index (κ1) is 14.5. The van der Waals surface area contributed by atoms with Crippen LogP contribution in [-0.4, -0.2) is 42.9 Å². The predicted octanol–water partition coefficient (Wildman–Crippen LogP) is 1.08. The van der Waals surface area contributed by atoms with Crippen LogP contribution in [0.5, 0.6) is 0 Å². The molecule has 0 aromatic heterocycles. The van der Waals surface area contributed by atoms with Crippen molar-refractivity contribution in [3.63, 3.8) is 0 Å². The molecule has 2 aliphatic heterocycles. The van der Waals surface area contributed by atoms with Gasteiger partial charge in [0.05, 0.1) is 17.7 Å². The SMILES string of the molecule is CC1NC(c2ccccc2)C(=O)N1C1CCCS(=O)(=O)C1. The fourth-order valence-corrected chi connectivity index (χ4v) is 5.02. The molecule has 2 heterocycles. The third kappa shape index (κ3) is 2.82. The molecule has 3 unspecified atom stereocenters. The Morgan fingerprint density at radius 1 is 1.24 bits per heavy atom. The summed E-state index contributed by atoms with van der Waals surface area (Å²) in [6, 6.07) is 8.99. The van der Waals surface area contributed by atoms with Crippen LogP contribution < -0.4 is 5.32 Å². The summed E-state index contributed by atoms with van der Waals surface area (Å²) in [7, 11) is -3.02. The van der Waals surface area contributed by atoms with Gasteiger partial charge in [-0.15, -0.1) is 0 Å². The van der Waals surface area contributed by atoms with Crippen molar-refractivity contribution in [1.82, 2.24) is 10.2 Å². The first-order chi connectivity index (χ1) is 9.98. The number of hydrogen-bond acceptors (Lipinski definition) is 4. The zero-order chi connectivity index (χ0) is 15.0. The quantitative estimate of drug-likeness (QED) is 0.888. The molecule has 1 aromatic rings. The first-order valence-corrected chi connectivity index (χ1v) is 9.14. The van der Waals surface area contributed by atoms with Gasteiger partial charge in [0, 0.05) is 6.04 Å². The highest BCUT2D eigenvalue weighted by atomic mass is 32.2. The monoisotopic (exact) mass is 308 g/mol. The van der Waals surface area contributed by atoms with Gasteiger partial charge in [0.25, 0.3) is 0 Å². The van der Waals surface area contributed by atoms with Crippen LogP contribution in [0.4, 0.5) is 0 Å². The summed E-state index contributed by atoms with van der Waals surface area (Å²) in [5.74, 6) is 0.317. The van der Waals surface area contributed by atoms with E-state index in [-0.39, 0.29) is 35.7 Å². The van der Waals surface area contributed by atoms with E-state index < -0.39 is 9.84 Å². The van der Waals surface area contributed by atoms with E-state index in [1.165, 1.54) is 0 Å². The van der Waals surface area contributed by atoms with Crippen molar-refractivity contribution in [3.8, 4) is 0 Å². The molecule has 1 amide bonds. The van der Waals surface area contributed by atoms with Crippen LogP contribution in [0, 0.1) is 0 Å². The molecule has 2 aliphatic rings. The number of nitrogens with one attached hydrogen (secondary N) is 1. The van der Waals surface area contributed by atoms with Gasteiger partial charge in [-0.3, -0.25) is 10.1 Å². The van der Waals surface area contributed by atoms with Gasteiger partial charge < -0.3 is 4.90 Å². The lowest BCUT2D eigenvalue weighted by molar-refractivity contribution is -0.131. The van der Waals surface area contributed by atoms with Crippen LogP contribution >= 0.6 is 0 Å². The molecule has 6 heteroatoms. The average molecular weight is 308 g/mol. The fraction of sp³-hybridized carbons (Fsp3) is 0.533. The van der Waals surface area contributed by atoms with Crippen LogP contribution in [0.1, 0.15) is 31.4 Å². The molecule has 2 saturated heterocycles. The van der Waals surface area contributed by atoms with Crippen LogP contribution in [0.25, 0.3) is 0 Å². The standard InChI is InChI=1S/C15H20N2O3S/c1-11-16-14(12-6-3-2-4-7-12)15(18)17(11)13-8-5-9-21(19,20)10-13/h2-4,6-7,11,13-14,16H,5,8-10H2,1H3. The Morgan fingerprint density at radius 3 is 2.62 bits per heavy atom. The molecule has 114 valence electrons. The second-order valence-corrected chi connectivity index (χ2v) is 8.07. The van der Waals surface area contributed by atoms with Crippen LogP contribution in [0.3, 0.4) is 0 Å². The van der Waals surface area contributed by atoms with Crippen molar-refractivity contribution in [2.45, 2.75) is 38.0 Å². The molecule has 5 nitrogen and oxygen atoms in total. The van der Waals surface area contributed by atoms with Crippen molar-refractivity contribution in [3.05, 3.63) is 35.9 Å². The molecule has 0 radical (unpaired) electrons. The normalized spacial score (nSPS) is 32.3. The van der Waals surface area contributed by atoms with Crippen molar-refractivity contribution in [2.75, 3.05) is 11.5 Å². The van der Waals surface area contributed by atoms with E-state index >= 15 is 0 Å². The Morgan fingerprint density at radius 2 is 1.95 bits per heavy atom. The summed E-state index contributed by atoms with van der Waals surface area (Å²) in [4.78, 5) is 14.4. The van der Waals surface area contributed by atoms with Gasteiger partial charge in [-0.2, -0.15) is 0 Å². The van der Waals surface area contributed by atoms with Crippen molar-refractivity contribution in [1.29, 1.82) is 0 Å². The molecule has 3 rings (SSSR count). The van der Waals surface area contributed by atoms with Gasteiger partial charge in [0.1, 0.15) is 6.04 Å². The number of amides is 1. The van der Waals surface area contributed by atoms with Crippen LogP contribution in [0.2, 0.25) is 0 Å². The minimum absolute atomic E-state index is 0.0178. The summed E-state index contributed by atoms with van der Waals surface area (Å²) in [5.41, 5.74) is 0.926. The third-order valence-corrected chi connectivity index (χ3v) is 6.10. The summed E-state index contributed by atoms with van der Waals surface area (Å²) in [5, 5.41) is 3.28. The fourth-order valence-electron chi connectivity index (χ4n) is 3.33. The number of benzene rings is 1. The maximum absolute atomic E-state index is 12.7. The number of sulfone groups is 1. The molecule has 1 N–H and O–H groups in total. The minimum Gasteiger partial charge on any atom is -0.322 e. The van der Waals surface area contributed by atoms with Crippen molar-refractivity contribution in [2.24, 2.45) is 0 Å². The Labute approximate surface area is 125 Å². The van der Waals surface area contributed by atoms with Crippen LogP contribution in [-0.2, 0) is 14.6 Å². The van der Waals surface area contributed by atoms with Gasteiger partial charge >= 0.3 is 0 Å². The maximum atomic E-state index is 12.7. The summed E-state index contributed by atoms with van der Waals surface area (Å²) >= 11 is 0. The zero-order valence-electron chi connectivity index (χ0n) is 12.0. The van der Waals surface area contributed by atoms with Crippen molar-refractivity contribution >= 4 is 15.7 Å². The van der Waals surface area contributed by atoms with Crippen molar-refractivity contribution < 1.29 is 13.2 Å². The lowest BCUT2D eigenvalue weighted by Gasteiger charge is -2.33. The molecular formula is C15H20N2O3S. The van der Waals surface area contributed by atoms with E-state index in [1.54, 1.807) is 4.90 Å². The Bertz CT molecular complexity index is 630. The zero-order valence-corrected chi connectivity index (χ0v) is 12.8. The minimum atomic E-state index is -3.02. The molecule has 0 saturated carbocycles. The summed E-state index contributed by atoms with van der Waals surface area (Å²) in [6.45, 7) is 1.92. The smallest absolute Gasteiger partial charge is 0.245 e. The topological polar surface area (TPSA) is 66.5 Å². The second kappa shape index (κ2) is 5.42. The third-order valence-electron chi connectivity index (χ3n) is 4.29. The Kier molecular flexibility index (Phi) is 3.75. The van der Waals surface area contributed by atoms with E-state index in [0.29, 0.717) is 6.42 Å².